The predicted molar refractivity (Wildman–Crippen MR) is 119 cm³/mol. The van der Waals surface area contributed by atoms with Gasteiger partial charge in [0.15, 0.2) is 0 Å². The van der Waals surface area contributed by atoms with Crippen LogP contribution in [0.3, 0.4) is 0 Å². The first-order chi connectivity index (χ1) is 12.0. The Bertz CT molecular complexity index is 824. The molecular formula is C25H34Si. The highest BCUT2D eigenvalue weighted by Crippen LogP contribution is 2.47. The lowest BCUT2D eigenvalue weighted by atomic mass is 9.86. The highest BCUT2D eigenvalue weighted by molar-refractivity contribution is 6.78. The summed E-state index contributed by atoms with van der Waals surface area (Å²) in [5, 5.41) is 0. The highest BCUT2D eigenvalue weighted by Gasteiger charge is 2.37. The first kappa shape index (κ1) is 19.2. The Morgan fingerprint density at radius 3 is 2.00 bits per heavy atom. The summed E-state index contributed by atoms with van der Waals surface area (Å²) in [6, 6.07) is 16.1. The predicted octanol–water partition coefficient (Wildman–Crippen LogP) is 7.67. The summed E-state index contributed by atoms with van der Waals surface area (Å²) in [6.07, 6.45) is 2.51. The molecule has 1 aliphatic carbocycles. The van der Waals surface area contributed by atoms with Gasteiger partial charge < -0.3 is 0 Å². The molecule has 26 heavy (non-hydrogen) atoms. The van der Waals surface area contributed by atoms with Crippen LogP contribution < -0.4 is 0 Å². The number of hydrogen-bond donors (Lipinski definition) is 0. The van der Waals surface area contributed by atoms with E-state index in [0.717, 1.165) is 0 Å². The second-order valence-electron chi connectivity index (χ2n) is 10.2. The molecule has 2 aromatic carbocycles. The van der Waals surface area contributed by atoms with E-state index in [2.05, 4.69) is 103 Å². The van der Waals surface area contributed by atoms with Gasteiger partial charge in [-0.3, -0.25) is 0 Å². The lowest BCUT2D eigenvalue weighted by Crippen LogP contribution is -2.32. The van der Waals surface area contributed by atoms with Gasteiger partial charge in [-0.2, -0.15) is 0 Å². The monoisotopic (exact) mass is 362 g/mol. The van der Waals surface area contributed by atoms with E-state index in [0.29, 0.717) is 11.5 Å². The minimum Gasteiger partial charge on any atom is -0.0688 e. The van der Waals surface area contributed by atoms with Gasteiger partial charge in [0.2, 0.25) is 0 Å². The van der Waals surface area contributed by atoms with Gasteiger partial charge in [0, 0.05) is 5.54 Å². The van der Waals surface area contributed by atoms with E-state index in [1.807, 2.05) is 0 Å². The fourth-order valence-corrected chi connectivity index (χ4v) is 6.89. The normalized spacial score (nSPS) is 17.4. The summed E-state index contributed by atoms with van der Waals surface area (Å²) in [5.41, 5.74) is 9.63. The van der Waals surface area contributed by atoms with Gasteiger partial charge in [-0.05, 0) is 39.2 Å². The Kier molecular flexibility index (Phi) is 4.81. The summed E-state index contributed by atoms with van der Waals surface area (Å²) in [6.45, 7) is 19.1. The van der Waals surface area contributed by atoms with E-state index >= 15 is 0 Å². The van der Waals surface area contributed by atoms with Crippen molar-refractivity contribution in [3.8, 4) is 11.1 Å². The topological polar surface area (TPSA) is 0 Å². The van der Waals surface area contributed by atoms with Gasteiger partial charge in [-0.1, -0.05) is 108 Å². The van der Waals surface area contributed by atoms with Gasteiger partial charge >= 0.3 is 0 Å². The van der Waals surface area contributed by atoms with Gasteiger partial charge in [-0.15, -0.1) is 0 Å². The molecule has 1 aliphatic rings. The Morgan fingerprint density at radius 2 is 1.50 bits per heavy atom. The molecule has 0 nitrogen and oxygen atoms in total. The van der Waals surface area contributed by atoms with Crippen molar-refractivity contribution in [3.05, 3.63) is 64.7 Å². The molecule has 3 rings (SSSR count). The summed E-state index contributed by atoms with van der Waals surface area (Å²) >= 11 is 0. The van der Waals surface area contributed by atoms with Crippen LogP contribution in [-0.2, 0) is 5.41 Å². The van der Waals surface area contributed by atoms with Crippen LogP contribution >= 0.6 is 0 Å². The van der Waals surface area contributed by atoms with Crippen molar-refractivity contribution in [2.24, 2.45) is 5.92 Å². The molecule has 1 unspecified atom stereocenters. The largest absolute Gasteiger partial charge is 0.0688 e. The van der Waals surface area contributed by atoms with Crippen LogP contribution in [-0.4, -0.2) is 8.07 Å². The number of rotatable bonds is 3. The van der Waals surface area contributed by atoms with Gasteiger partial charge in [0.1, 0.15) is 0 Å². The fourth-order valence-electron chi connectivity index (χ4n) is 4.29. The molecular weight excluding hydrogens is 328 g/mol. The highest BCUT2D eigenvalue weighted by atomic mass is 28.3. The van der Waals surface area contributed by atoms with Gasteiger partial charge in [0.05, 0.1) is 8.07 Å². The molecule has 0 radical (unpaired) electrons. The maximum Gasteiger partial charge on any atom is 0.0569 e. The smallest absolute Gasteiger partial charge is 0.0569 e. The standard InChI is InChI=1S/C25H34Si/c1-17(2)22-16-23-20(10-9-11-21(23)24(22)26(6,7)8)18-12-14-19(15-13-18)25(3,4)5/h9-17,24H,1-8H3. The third kappa shape index (κ3) is 3.47. The molecule has 0 heterocycles. The van der Waals surface area contributed by atoms with Crippen molar-refractivity contribution in [2.75, 3.05) is 0 Å². The van der Waals surface area contributed by atoms with E-state index in [9.17, 15) is 0 Å². The molecule has 0 N–H and O–H groups in total. The van der Waals surface area contributed by atoms with Crippen LogP contribution in [0.4, 0.5) is 0 Å². The molecule has 0 spiro atoms. The molecule has 0 amide bonds. The van der Waals surface area contributed by atoms with E-state index in [-0.39, 0.29) is 5.41 Å². The summed E-state index contributed by atoms with van der Waals surface area (Å²) in [5.74, 6) is 0.607. The second-order valence-corrected chi connectivity index (χ2v) is 15.5. The Labute approximate surface area is 161 Å². The minimum atomic E-state index is -1.33. The molecule has 0 bridgehead atoms. The average Bonchev–Trinajstić information content (AvgIpc) is 2.94. The molecule has 0 fully saturated rings. The molecule has 0 saturated heterocycles. The third-order valence-corrected chi connectivity index (χ3v) is 8.07. The van der Waals surface area contributed by atoms with Crippen LogP contribution in [0.1, 0.15) is 56.9 Å². The fraction of sp³-hybridized carbons (Fsp3) is 0.440. The first-order valence-electron chi connectivity index (χ1n) is 9.95. The SMILES string of the molecule is CC(C)C1=Cc2c(-c3ccc(C(C)(C)C)cc3)cccc2C1[Si](C)(C)C. The summed E-state index contributed by atoms with van der Waals surface area (Å²) < 4.78 is 0. The van der Waals surface area contributed by atoms with E-state index in [1.165, 1.54) is 22.3 Å². The van der Waals surface area contributed by atoms with Crippen molar-refractivity contribution in [1.29, 1.82) is 0 Å². The first-order valence-corrected chi connectivity index (χ1v) is 13.5. The van der Waals surface area contributed by atoms with Crippen molar-refractivity contribution >= 4 is 14.1 Å². The Morgan fingerprint density at radius 1 is 0.885 bits per heavy atom. The Hall–Kier alpha value is -1.60. The van der Waals surface area contributed by atoms with E-state index in [4.69, 9.17) is 0 Å². The molecule has 0 saturated carbocycles. The molecule has 0 aliphatic heterocycles. The molecule has 1 heteroatoms. The molecule has 0 aromatic heterocycles. The van der Waals surface area contributed by atoms with Crippen LogP contribution in [0.25, 0.3) is 17.2 Å². The molecule has 138 valence electrons. The van der Waals surface area contributed by atoms with Crippen LogP contribution in [0.2, 0.25) is 19.6 Å². The van der Waals surface area contributed by atoms with Crippen LogP contribution in [0.15, 0.2) is 48.0 Å². The maximum absolute atomic E-state index is 2.51. The lowest BCUT2D eigenvalue weighted by molar-refractivity contribution is 0.590. The van der Waals surface area contributed by atoms with Gasteiger partial charge in [0.25, 0.3) is 0 Å². The quantitative estimate of drug-likeness (QED) is 0.491. The number of hydrogen-bond acceptors (Lipinski definition) is 0. The summed E-state index contributed by atoms with van der Waals surface area (Å²) in [7, 11) is -1.33. The van der Waals surface area contributed by atoms with Crippen molar-refractivity contribution < 1.29 is 0 Å². The number of fused-ring (bicyclic) bond motifs is 1. The van der Waals surface area contributed by atoms with Crippen molar-refractivity contribution in [1.82, 2.24) is 0 Å². The van der Waals surface area contributed by atoms with Crippen molar-refractivity contribution in [2.45, 2.75) is 65.2 Å². The Balaban J connectivity index is 2.12. The van der Waals surface area contributed by atoms with Crippen molar-refractivity contribution in [3.63, 3.8) is 0 Å². The van der Waals surface area contributed by atoms with Crippen LogP contribution in [0.5, 0.6) is 0 Å². The number of benzene rings is 2. The minimum absolute atomic E-state index is 0.199. The zero-order chi connectivity index (χ0) is 19.3. The second kappa shape index (κ2) is 6.53. The van der Waals surface area contributed by atoms with E-state index in [1.54, 1.807) is 11.1 Å². The van der Waals surface area contributed by atoms with Crippen LogP contribution in [0, 0.1) is 5.92 Å². The zero-order valence-electron chi connectivity index (χ0n) is 17.8. The third-order valence-electron chi connectivity index (χ3n) is 5.69. The zero-order valence-corrected chi connectivity index (χ0v) is 18.8. The van der Waals surface area contributed by atoms with E-state index < -0.39 is 8.07 Å². The van der Waals surface area contributed by atoms with Gasteiger partial charge in [-0.25, -0.2) is 0 Å². The lowest BCUT2D eigenvalue weighted by Gasteiger charge is -2.31. The number of allylic oxidation sites excluding steroid dienone is 1. The maximum atomic E-state index is 2.51. The molecule has 2 aromatic rings. The summed E-state index contributed by atoms with van der Waals surface area (Å²) in [4.78, 5) is 0. The average molecular weight is 363 g/mol. The molecule has 1 atom stereocenters.